The molecule has 0 spiro atoms. The van der Waals surface area contributed by atoms with E-state index in [9.17, 15) is 4.79 Å². The van der Waals surface area contributed by atoms with Gasteiger partial charge in [-0.15, -0.1) is 0 Å². The second-order valence-corrected chi connectivity index (χ2v) is 3.84. The van der Waals surface area contributed by atoms with Crippen molar-refractivity contribution in [2.45, 2.75) is 6.54 Å². The first-order valence-electron chi connectivity index (χ1n) is 5.26. The van der Waals surface area contributed by atoms with Crippen molar-refractivity contribution in [3.05, 3.63) is 35.8 Å². The number of nitrogen functional groups attached to an aromatic ring is 1. The first-order chi connectivity index (χ1) is 8.56. The van der Waals surface area contributed by atoms with Crippen LogP contribution in [0.15, 0.2) is 24.7 Å². The number of aryl methyl sites for hydroxylation is 1. The number of pyridine rings is 1. The first-order valence-corrected chi connectivity index (χ1v) is 5.26. The summed E-state index contributed by atoms with van der Waals surface area (Å²) in [6.07, 6.45) is 4.87. The van der Waals surface area contributed by atoms with Crippen LogP contribution >= 0.6 is 0 Å². The van der Waals surface area contributed by atoms with Crippen LogP contribution in [0, 0.1) is 0 Å². The molecule has 94 valence electrons. The van der Waals surface area contributed by atoms with E-state index in [1.807, 2.05) is 13.2 Å². The minimum absolute atomic E-state index is 0.0689. The van der Waals surface area contributed by atoms with Crippen LogP contribution in [0.3, 0.4) is 0 Å². The summed E-state index contributed by atoms with van der Waals surface area (Å²) in [5, 5.41) is 15.8. The topological polar surface area (TPSA) is 106 Å². The summed E-state index contributed by atoms with van der Waals surface area (Å²) in [4.78, 5) is 14.7. The number of aromatic carboxylic acids is 1. The number of carboxylic acid groups (broad SMARTS) is 1. The van der Waals surface area contributed by atoms with Crippen LogP contribution in [-0.4, -0.2) is 25.8 Å². The number of carbonyl (C=O) groups is 1. The van der Waals surface area contributed by atoms with E-state index in [-0.39, 0.29) is 5.56 Å². The Balaban J connectivity index is 2.08. The van der Waals surface area contributed by atoms with Crippen molar-refractivity contribution in [2.75, 3.05) is 11.1 Å². The van der Waals surface area contributed by atoms with E-state index in [4.69, 9.17) is 10.8 Å². The maximum absolute atomic E-state index is 10.7. The van der Waals surface area contributed by atoms with Crippen molar-refractivity contribution in [1.82, 2.24) is 14.8 Å². The van der Waals surface area contributed by atoms with Crippen molar-refractivity contribution >= 4 is 17.5 Å². The maximum atomic E-state index is 10.7. The fourth-order valence-corrected chi connectivity index (χ4v) is 1.50. The van der Waals surface area contributed by atoms with Crippen molar-refractivity contribution in [3.63, 3.8) is 0 Å². The predicted molar refractivity (Wildman–Crippen MR) is 66.1 cm³/mol. The summed E-state index contributed by atoms with van der Waals surface area (Å²) >= 11 is 0. The molecule has 0 amide bonds. The number of aromatic nitrogens is 3. The number of nitrogens with one attached hydrogen (secondary N) is 1. The number of hydrogen-bond donors (Lipinski definition) is 3. The summed E-state index contributed by atoms with van der Waals surface area (Å²) in [6, 6.07) is 1.38. The zero-order chi connectivity index (χ0) is 13.1. The van der Waals surface area contributed by atoms with E-state index >= 15 is 0 Å². The summed E-state index contributed by atoms with van der Waals surface area (Å²) in [6.45, 7) is 0.525. The van der Waals surface area contributed by atoms with Gasteiger partial charge in [-0.25, -0.2) is 9.78 Å². The van der Waals surface area contributed by atoms with Crippen LogP contribution in [-0.2, 0) is 13.6 Å². The van der Waals surface area contributed by atoms with Gasteiger partial charge in [0.15, 0.2) is 0 Å². The summed E-state index contributed by atoms with van der Waals surface area (Å²) in [5.74, 6) is -0.586. The quantitative estimate of drug-likeness (QED) is 0.734. The number of rotatable bonds is 4. The molecule has 0 aliphatic rings. The van der Waals surface area contributed by atoms with Crippen molar-refractivity contribution < 1.29 is 9.90 Å². The van der Waals surface area contributed by atoms with Crippen LogP contribution in [0.1, 0.15) is 15.9 Å². The van der Waals surface area contributed by atoms with Crippen LogP contribution in [0.4, 0.5) is 11.5 Å². The maximum Gasteiger partial charge on any atom is 0.337 e. The van der Waals surface area contributed by atoms with Crippen LogP contribution in [0.5, 0.6) is 0 Å². The number of hydrogen-bond acceptors (Lipinski definition) is 5. The Kier molecular flexibility index (Phi) is 3.13. The molecule has 0 radical (unpaired) electrons. The number of carboxylic acids is 1. The molecule has 2 rings (SSSR count). The van der Waals surface area contributed by atoms with Crippen LogP contribution in [0.25, 0.3) is 0 Å². The minimum Gasteiger partial charge on any atom is -0.478 e. The predicted octanol–water partition coefficient (Wildman–Crippen LogP) is 0.708. The molecule has 0 saturated heterocycles. The Hall–Kier alpha value is -2.57. The third-order valence-corrected chi connectivity index (χ3v) is 2.38. The monoisotopic (exact) mass is 247 g/mol. The van der Waals surface area contributed by atoms with Gasteiger partial charge >= 0.3 is 5.97 Å². The van der Waals surface area contributed by atoms with Gasteiger partial charge in [-0.1, -0.05) is 0 Å². The van der Waals surface area contributed by atoms with E-state index < -0.39 is 5.97 Å². The average molecular weight is 247 g/mol. The third-order valence-electron chi connectivity index (χ3n) is 2.38. The van der Waals surface area contributed by atoms with Gasteiger partial charge < -0.3 is 16.2 Å². The number of nitrogens with two attached hydrogens (primary N) is 1. The number of anilines is 2. The van der Waals surface area contributed by atoms with E-state index in [0.717, 1.165) is 5.56 Å². The van der Waals surface area contributed by atoms with Crippen molar-refractivity contribution in [1.29, 1.82) is 0 Å². The van der Waals surface area contributed by atoms with Gasteiger partial charge in [0, 0.05) is 31.5 Å². The third kappa shape index (κ3) is 2.57. The normalized spacial score (nSPS) is 10.3. The van der Waals surface area contributed by atoms with Gasteiger partial charge in [0.05, 0.1) is 17.4 Å². The van der Waals surface area contributed by atoms with Crippen LogP contribution < -0.4 is 11.1 Å². The molecule has 0 aliphatic heterocycles. The summed E-state index contributed by atoms with van der Waals surface area (Å²) < 4.78 is 1.70. The highest BCUT2D eigenvalue weighted by atomic mass is 16.4. The minimum atomic E-state index is -1.05. The molecule has 0 unspecified atom stereocenters. The van der Waals surface area contributed by atoms with Gasteiger partial charge in [-0.2, -0.15) is 5.10 Å². The highest BCUT2D eigenvalue weighted by molar-refractivity contribution is 5.89. The smallest absolute Gasteiger partial charge is 0.337 e. The lowest BCUT2D eigenvalue weighted by molar-refractivity contribution is 0.0696. The van der Waals surface area contributed by atoms with Gasteiger partial charge in [-0.3, -0.25) is 4.68 Å². The van der Waals surface area contributed by atoms with Gasteiger partial charge in [0.2, 0.25) is 0 Å². The number of nitrogens with zero attached hydrogens (tertiary/aromatic N) is 3. The zero-order valence-corrected chi connectivity index (χ0v) is 9.79. The first kappa shape index (κ1) is 11.9. The fourth-order valence-electron chi connectivity index (χ4n) is 1.50. The molecule has 0 fully saturated rings. The second kappa shape index (κ2) is 4.74. The molecule has 7 heteroatoms. The summed E-state index contributed by atoms with van der Waals surface area (Å²) in [5.41, 5.74) is 7.08. The molecule has 2 aromatic rings. The Labute approximate surface area is 103 Å². The molecular formula is C11H13N5O2. The van der Waals surface area contributed by atoms with Crippen LogP contribution in [0.2, 0.25) is 0 Å². The lowest BCUT2D eigenvalue weighted by Gasteiger charge is -2.07. The highest BCUT2D eigenvalue weighted by Crippen LogP contribution is 2.17. The molecular weight excluding hydrogens is 234 g/mol. The average Bonchev–Trinajstić information content (AvgIpc) is 2.73. The fraction of sp³-hybridized carbons (Fsp3) is 0.182. The SMILES string of the molecule is Cn1cc(CNc2ncc(C(=O)O)cc2N)cn1. The zero-order valence-electron chi connectivity index (χ0n) is 9.79. The van der Waals surface area contributed by atoms with Crippen molar-refractivity contribution in [3.8, 4) is 0 Å². The Morgan fingerprint density at radius 3 is 2.89 bits per heavy atom. The highest BCUT2D eigenvalue weighted by Gasteiger charge is 2.07. The molecule has 0 aromatic carbocycles. The molecule has 0 saturated carbocycles. The van der Waals surface area contributed by atoms with Crippen molar-refractivity contribution in [2.24, 2.45) is 7.05 Å². The summed E-state index contributed by atoms with van der Waals surface area (Å²) in [7, 11) is 1.83. The molecule has 7 nitrogen and oxygen atoms in total. The Bertz CT molecular complexity index is 579. The van der Waals surface area contributed by atoms with Gasteiger partial charge in [0.1, 0.15) is 5.82 Å². The molecule has 4 N–H and O–H groups in total. The van der Waals surface area contributed by atoms with E-state index in [0.29, 0.717) is 18.1 Å². The lowest BCUT2D eigenvalue weighted by Crippen LogP contribution is -2.06. The standard InChI is InChI=1S/C11H13N5O2/c1-16-6-7(4-15-16)3-13-10-9(12)2-8(5-14-10)11(17)18/h2,4-6H,3,12H2,1H3,(H,13,14)(H,17,18). The van der Waals surface area contributed by atoms with Gasteiger partial charge in [0.25, 0.3) is 0 Å². The van der Waals surface area contributed by atoms with E-state index in [2.05, 4.69) is 15.4 Å². The van der Waals surface area contributed by atoms with Gasteiger partial charge in [-0.05, 0) is 6.07 Å². The molecule has 18 heavy (non-hydrogen) atoms. The second-order valence-electron chi connectivity index (χ2n) is 3.84. The Morgan fingerprint density at radius 2 is 2.33 bits per heavy atom. The molecule has 2 aromatic heterocycles. The molecule has 0 bridgehead atoms. The molecule has 0 aliphatic carbocycles. The Morgan fingerprint density at radius 1 is 1.56 bits per heavy atom. The van der Waals surface area contributed by atoms with E-state index in [1.165, 1.54) is 12.3 Å². The lowest BCUT2D eigenvalue weighted by atomic mass is 10.2. The van der Waals surface area contributed by atoms with E-state index in [1.54, 1.807) is 10.9 Å². The largest absolute Gasteiger partial charge is 0.478 e. The molecule has 0 atom stereocenters. The molecule has 2 heterocycles.